The number of unbranched alkanes of at least 4 members (excludes halogenated alkanes) is 1. The molecule has 23 N–H and O–H groups in total. The number of carbonyl (C=O) groups is 15. The van der Waals surface area contributed by atoms with Crippen molar-refractivity contribution in [2.45, 2.75) is 309 Å². The van der Waals surface area contributed by atoms with Crippen molar-refractivity contribution >= 4 is 88.7 Å². The minimum absolute atomic E-state index is 0.00182. The number of carboxylic acids is 1. The number of nitrogens with one attached hydrogen (secondary N) is 18. The van der Waals surface area contributed by atoms with Gasteiger partial charge < -0.3 is 112 Å². The quantitative estimate of drug-likeness (QED) is 0.0314. The smallest absolute Gasteiger partial charge is 0.309 e. The molecule has 0 unspecified atom stereocenters. The molecule has 0 bridgehead atoms. The van der Waals surface area contributed by atoms with Gasteiger partial charge in [0.25, 0.3) is 0 Å². The molecule has 8 aliphatic rings. The zero-order valence-electron chi connectivity index (χ0n) is 74.2. The first-order valence-electron chi connectivity index (χ1n) is 45.7. The Kier molecular flexibility index (Phi) is 38.9. The second-order valence-corrected chi connectivity index (χ2v) is 38.5. The Morgan fingerprint density at radius 2 is 0.500 bits per heavy atom. The molecule has 14 amide bonds. The lowest BCUT2D eigenvalue weighted by Crippen LogP contribution is -2.58. The van der Waals surface area contributed by atoms with Crippen LogP contribution in [0.3, 0.4) is 0 Å². The van der Waals surface area contributed by atoms with E-state index >= 15 is 0 Å². The fraction of sp³-hybridized carbons (Fsp3) is 0.826. The molecule has 36 nitrogen and oxygen atoms in total. The first-order valence-corrected chi connectivity index (χ1v) is 45.7. The Bertz CT molecular complexity index is 3590. The molecule has 8 rings (SSSR count). The van der Waals surface area contributed by atoms with E-state index in [1.807, 2.05) is 83.1 Å². The van der Waals surface area contributed by atoms with Crippen LogP contribution < -0.4 is 107 Å². The highest BCUT2D eigenvalue weighted by atomic mass is 16.4. The largest absolute Gasteiger partial charge is 0.481 e. The topological polar surface area (TPSA) is 545 Å². The normalized spacial score (nSPS) is 28.0. The van der Waals surface area contributed by atoms with Crippen molar-refractivity contribution in [2.24, 2.45) is 94.3 Å². The Morgan fingerprint density at radius 3 is 0.754 bits per heavy atom. The second kappa shape index (κ2) is 47.8. The van der Waals surface area contributed by atoms with Crippen molar-refractivity contribution in [3.63, 3.8) is 0 Å². The number of nitrogens with two attached hydrogens (primary N) is 2. The molecular weight excluding hydrogens is 1570 g/mol. The summed E-state index contributed by atoms with van der Waals surface area (Å²) in [6.45, 7) is 25.6. The van der Waals surface area contributed by atoms with Crippen LogP contribution in [-0.2, 0) is 71.9 Å². The highest BCUT2D eigenvalue weighted by Crippen LogP contribution is 2.32. The monoisotopic (exact) mass is 1720 g/mol. The molecule has 688 valence electrons. The Hall–Kier alpha value is -8.19. The molecule has 4 saturated carbocycles. The Morgan fingerprint density at radius 1 is 0.279 bits per heavy atom. The number of carbonyl (C=O) groups excluding carboxylic acids is 14. The van der Waals surface area contributed by atoms with Gasteiger partial charge in [-0.3, -0.25) is 71.9 Å². The lowest BCUT2D eigenvalue weighted by molar-refractivity contribution is -0.142. The van der Waals surface area contributed by atoms with Gasteiger partial charge in [-0.05, 0) is 151 Å². The van der Waals surface area contributed by atoms with Gasteiger partial charge in [-0.2, -0.15) is 0 Å². The molecule has 4 heterocycles. The molecule has 0 radical (unpaired) electrons. The maximum Gasteiger partial charge on any atom is 0.309 e. The Labute approximate surface area is 720 Å². The lowest BCUT2D eigenvalue weighted by atomic mass is 9.96. The van der Waals surface area contributed by atoms with Gasteiger partial charge in [0.2, 0.25) is 82.7 Å². The standard InChI is InChI=1S/C86H148N20O16/c1-43(2)29-63(101-76(111)53-35-89-39-57(53)88)80(115)95-60-26-17-21-51(60)74(109)98-66(32-46(7)8)83(118)105-70-41-91-37-55(70)78(113)103-65(31-45(5)6)82(117)96-61-27-18-22-52(61)75(110)99-67(33-47(9)10)84(119)104-69-40-90-36-54(69)77(112)102-64(30-44(3)4)81(116)94-59-25-15-19-49(59)72(107)97-62(23-13-14-28-87)79(114)93-58-24-16-20-50(58)73(108)100-68(34-48(11)12)85(120)106-71-42-92-38-56(71)86(121)122/h43-71,89-92H,13-42,87-88H2,1-12H3,(H,93,114)(H,94,116)(H,95,115)(H,96,117)(H,97,107)(H,98,109)(H,99,110)(H,100,108)(H,101,111)(H,102,112)(H,103,113)(H,104,119)(H,105,118)(H,106,120)(H,121,122)/t49-,50-,51-,52-,53-,54-,55-,56-,57-,58-,59-,60-,61-,62-,63-,64-,65-,66-,67-,68-,69-,70-,71-/m0/s1. The molecule has 122 heavy (non-hydrogen) atoms. The van der Waals surface area contributed by atoms with Gasteiger partial charge in [0.15, 0.2) is 0 Å². The first kappa shape index (κ1) is 99.2. The predicted molar refractivity (Wildman–Crippen MR) is 457 cm³/mol. The zero-order chi connectivity index (χ0) is 89.3. The average Bonchev–Trinajstić information content (AvgIpc) is 1.64. The van der Waals surface area contributed by atoms with Crippen LogP contribution in [0.1, 0.15) is 218 Å². The van der Waals surface area contributed by atoms with E-state index in [1.165, 1.54) is 0 Å². The van der Waals surface area contributed by atoms with Crippen LogP contribution in [0.15, 0.2) is 0 Å². The summed E-state index contributed by atoms with van der Waals surface area (Å²) in [4.78, 5) is 211. The lowest BCUT2D eigenvalue weighted by Gasteiger charge is -2.30. The second-order valence-electron chi connectivity index (χ2n) is 38.5. The molecule has 23 atom stereocenters. The summed E-state index contributed by atoms with van der Waals surface area (Å²) < 4.78 is 0. The van der Waals surface area contributed by atoms with Crippen LogP contribution in [0.25, 0.3) is 0 Å². The van der Waals surface area contributed by atoms with Crippen molar-refractivity contribution in [3.05, 3.63) is 0 Å². The van der Waals surface area contributed by atoms with E-state index in [-0.39, 0.29) is 119 Å². The third kappa shape index (κ3) is 29.2. The highest BCUT2D eigenvalue weighted by Gasteiger charge is 2.47. The Balaban J connectivity index is 0.827. The van der Waals surface area contributed by atoms with Gasteiger partial charge in [0.1, 0.15) is 42.3 Å². The summed E-state index contributed by atoms with van der Waals surface area (Å²) in [5, 5.41) is 64.1. The SMILES string of the molecule is CC(C)C[C@H](NC(=O)[C@H]1CCC[C@@H]1NC(=O)[C@H](CCCCN)NC(=O)[C@H]1CCC[C@@H]1NC(=O)[C@H](CC(C)C)NC(=O)[C@H]1CNC[C@@H]1NC(=O)[C@H](CC(C)C)NC(=O)[C@H]1CCC[C@@H]1NC(=O)[C@H](CC(C)C)NC(=O)[C@H]1CNC[C@@H]1NC(=O)[C@H](CC(C)C)NC(=O)[C@H]1CCC[C@@H]1NC(=O)[C@H](CC(C)C)NC(=O)[C@H]1CNC[C@@H]1N)C(=O)N[C@H]1CNC[C@@H]1C(=O)O. The van der Waals surface area contributed by atoms with Crippen LogP contribution in [0.2, 0.25) is 0 Å². The van der Waals surface area contributed by atoms with E-state index in [2.05, 4.69) is 95.7 Å². The van der Waals surface area contributed by atoms with Crippen molar-refractivity contribution in [3.8, 4) is 0 Å². The zero-order valence-corrected chi connectivity index (χ0v) is 74.2. The van der Waals surface area contributed by atoms with E-state index in [1.54, 1.807) is 0 Å². The molecular formula is C86H148N20O16. The van der Waals surface area contributed by atoms with Crippen LogP contribution >= 0.6 is 0 Å². The van der Waals surface area contributed by atoms with Crippen LogP contribution in [-0.4, -0.2) is 243 Å². The van der Waals surface area contributed by atoms with Gasteiger partial charge in [0, 0.05) is 82.6 Å². The van der Waals surface area contributed by atoms with Gasteiger partial charge in [-0.25, -0.2) is 0 Å². The van der Waals surface area contributed by atoms with E-state index in [9.17, 15) is 77.0 Å². The molecule has 4 aliphatic heterocycles. The van der Waals surface area contributed by atoms with E-state index in [4.69, 9.17) is 11.5 Å². The number of hydrogen-bond acceptors (Lipinski definition) is 21. The minimum atomic E-state index is -1.05. The van der Waals surface area contributed by atoms with Crippen LogP contribution in [0.4, 0.5) is 0 Å². The number of carboxylic acid groups (broad SMARTS) is 1. The van der Waals surface area contributed by atoms with E-state index in [0.29, 0.717) is 122 Å². The van der Waals surface area contributed by atoms with Crippen molar-refractivity contribution in [2.75, 3.05) is 58.9 Å². The third-order valence-corrected chi connectivity index (χ3v) is 25.6. The van der Waals surface area contributed by atoms with Gasteiger partial charge >= 0.3 is 5.97 Å². The fourth-order valence-corrected chi connectivity index (χ4v) is 19.0. The number of rotatable bonds is 45. The molecule has 4 aliphatic carbocycles. The highest BCUT2D eigenvalue weighted by molar-refractivity contribution is 5.96. The molecule has 0 aromatic rings. The van der Waals surface area contributed by atoms with Crippen molar-refractivity contribution in [1.29, 1.82) is 0 Å². The van der Waals surface area contributed by atoms with E-state index in [0.717, 1.165) is 0 Å². The predicted octanol–water partition coefficient (Wildman–Crippen LogP) is -1.33. The van der Waals surface area contributed by atoms with Crippen molar-refractivity contribution < 1.29 is 77.0 Å². The van der Waals surface area contributed by atoms with Crippen LogP contribution in [0, 0.1) is 82.9 Å². The van der Waals surface area contributed by atoms with E-state index < -0.39 is 215 Å². The third-order valence-electron chi connectivity index (χ3n) is 25.6. The van der Waals surface area contributed by atoms with Gasteiger partial charge in [-0.15, -0.1) is 0 Å². The van der Waals surface area contributed by atoms with Crippen molar-refractivity contribution in [1.82, 2.24) is 95.7 Å². The molecule has 0 aromatic heterocycles. The molecule has 0 aromatic carbocycles. The first-order chi connectivity index (χ1) is 57.9. The average molecular weight is 1720 g/mol. The maximum absolute atomic E-state index is 14.6. The minimum Gasteiger partial charge on any atom is -0.481 e. The van der Waals surface area contributed by atoms with Gasteiger partial charge in [0.05, 0.1) is 65.5 Å². The summed E-state index contributed by atoms with van der Waals surface area (Å²) in [6.07, 6.45) is 8.99. The molecule has 36 heteroatoms. The fourth-order valence-electron chi connectivity index (χ4n) is 19.0. The maximum atomic E-state index is 14.6. The molecule has 0 spiro atoms. The summed E-state index contributed by atoms with van der Waals surface area (Å²) in [5.41, 5.74) is 12.1. The molecule has 8 fully saturated rings. The summed E-state index contributed by atoms with van der Waals surface area (Å²) in [7, 11) is 0. The summed E-state index contributed by atoms with van der Waals surface area (Å²) in [5.74, 6) is -13.4. The molecule has 4 saturated heterocycles. The number of amides is 14. The number of hydrogen-bond donors (Lipinski definition) is 21. The summed E-state index contributed by atoms with van der Waals surface area (Å²) >= 11 is 0. The van der Waals surface area contributed by atoms with Gasteiger partial charge in [-0.1, -0.05) is 109 Å². The number of aliphatic carboxylic acids is 1. The summed E-state index contributed by atoms with van der Waals surface area (Å²) in [6, 6.07) is -11.9. The van der Waals surface area contributed by atoms with Crippen LogP contribution in [0.5, 0.6) is 0 Å².